The molecule has 0 unspecified atom stereocenters. The fourth-order valence-corrected chi connectivity index (χ4v) is 2.62. The number of anilines is 2. The largest absolute Gasteiger partial charge is 0.497 e. The van der Waals surface area contributed by atoms with Gasteiger partial charge in [-0.1, -0.05) is 18.6 Å². The number of hydrogen-bond donors (Lipinski definition) is 2. The molecule has 0 saturated carbocycles. The molecule has 0 atom stereocenters. The SMILES string of the molecule is COc1ccc(CCCCCC(=O)Nc2ccc(OC)c(N)c2)cc1. The fourth-order valence-electron chi connectivity index (χ4n) is 2.62. The average molecular weight is 342 g/mol. The van der Waals surface area contributed by atoms with Crippen molar-refractivity contribution in [1.29, 1.82) is 0 Å². The van der Waals surface area contributed by atoms with E-state index in [-0.39, 0.29) is 5.91 Å². The molecule has 0 fully saturated rings. The molecule has 0 saturated heterocycles. The van der Waals surface area contributed by atoms with Crippen molar-refractivity contribution < 1.29 is 14.3 Å². The zero-order valence-electron chi connectivity index (χ0n) is 14.9. The van der Waals surface area contributed by atoms with Crippen LogP contribution < -0.4 is 20.5 Å². The first-order valence-electron chi connectivity index (χ1n) is 8.48. The summed E-state index contributed by atoms with van der Waals surface area (Å²) in [5.74, 6) is 1.49. The van der Waals surface area contributed by atoms with Crippen LogP contribution in [0.1, 0.15) is 31.2 Å². The normalized spacial score (nSPS) is 10.3. The molecule has 134 valence electrons. The number of nitrogen functional groups attached to an aromatic ring is 1. The summed E-state index contributed by atoms with van der Waals surface area (Å²) in [4.78, 5) is 12.0. The van der Waals surface area contributed by atoms with E-state index in [2.05, 4.69) is 17.4 Å². The van der Waals surface area contributed by atoms with E-state index in [9.17, 15) is 4.79 Å². The summed E-state index contributed by atoms with van der Waals surface area (Å²) in [6.45, 7) is 0. The van der Waals surface area contributed by atoms with Crippen LogP contribution >= 0.6 is 0 Å². The number of unbranched alkanes of at least 4 members (excludes halogenated alkanes) is 2. The van der Waals surface area contributed by atoms with E-state index in [1.54, 1.807) is 32.4 Å². The topological polar surface area (TPSA) is 73.6 Å². The van der Waals surface area contributed by atoms with Gasteiger partial charge >= 0.3 is 0 Å². The van der Waals surface area contributed by atoms with Gasteiger partial charge in [0.2, 0.25) is 5.91 Å². The lowest BCUT2D eigenvalue weighted by molar-refractivity contribution is -0.116. The number of carbonyl (C=O) groups excluding carboxylic acids is 1. The maximum Gasteiger partial charge on any atom is 0.224 e. The highest BCUT2D eigenvalue weighted by molar-refractivity contribution is 5.91. The first-order chi connectivity index (χ1) is 12.1. The molecule has 2 rings (SSSR count). The molecule has 5 nitrogen and oxygen atoms in total. The van der Waals surface area contributed by atoms with Crippen LogP contribution in [0, 0.1) is 0 Å². The predicted molar refractivity (Wildman–Crippen MR) is 101 cm³/mol. The van der Waals surface area contributed by atoms with Crippen molar-refractivity contribution in [2.24, 2.45) is 0 Å². The van der Waals surface area contributed by atoms with Gasteiger partial charge in [-0.3, -0.25) is 4.79 Å². The number of amides is 1. The molecule has 0 radical (unpaired) electrons. The number of aryl methyl sites for hydroxylation is 1. The summed E-state index contributed by atoms with van der Waals surface area (Å²) in [6, 6.07) is 13.4. The van der Waals surface area contributed by atoms with Crippen molar-refractivity contribution in [3.63, 3.8) is 0 Å². The van der Waals surface area contributed by atoms with Crippen molar-refractivity contribution in [1.82, 2.24) is 0 Å². The number of ether oxygens (including phenoxy) is 2. The van der Waals surface area contributed by atoms with Crippen molar-refractivity contribution >= 4 is 17.3 Å². The monoisotopic (exact) mass is 342 g/mol. The standard InChI is InChI=1S/C20H26N2O3/c1-24-17-11-8-15(9-12-17)6-4-3-5-7-20(23)22-16-10-13-19(25-2)18(21)14-16/h8-14H,3-7,21H2,1-2H3,(H,22,23). The maximum absolute atomic E-state index is 12.0. The zero-order valence-corrected chi connectivity index (χ0v) is 14.9. The van der Waals surface area contributed by atoms with Crippen molar-refractivity contribution in [3.05, 3.63) is 48.0 Å². The predicted octanol–water partition coefficient (Wildman–Crippen LogP) is 4.03. The summed E-state index contributed by atoms with van der Waals surface area (Å²) in [6.07, 6.45) is 4.47. The minimum atomic E-state index is 0.00835. The Hall–Kier alpha value is -2.69. The van der Waals surface area contributed by atoms with Crippen LogP contribution in [0.5, 0.6) is 11.5 Å². The number of carbonyl (C=O) groups is 1. The number of nitrogens with one attached hydrogen (secondary N) is 1. The van der Waals surface area contributed by atoms with E-state index >= 15 is 0 Å². The maximum atomic E-state index is 12.0. The number of hydrogen-bond acceptors (Lipinski definition) is 4. The molecule has 0 aromatic heterocycles. The lowest BCUT2D eigenvalue weighted by Crippen LogP contribution is -2.11. The Morgan fingerprint density at radius 3 is 2.40 bits per heavy atom. The molecule has 0 aliphatic carbocycles. The zero-order chi connectivity index (χ0) is 18.1. The Labute approximate surface area is 149 Å². The van der Waals surface area contributed by atoms with Gasteiger partial charge in [-0.15, -0.1) is 0 Å². The van der Waals surface area contributed by atoms with Gasteiger partial charge in [-0.25, -0.2) is 0 Å². The minimum absolute atomic E-state index is 0.00835. The molecule has 3 N–H and O–H groups in total. The minimum Gasteiger partial charge on any atom is -0.497 e. The second kappa shape index (κ2) is 9.57. The Bertz CT molecular complexity index is 684. The molecule has 1 amide bonds. The van der Waals surface area contributed by atoms with E-state index in [1.165, 1.54) is 5.56 Å². The van der Waals surface area contributed by atoms with E-state index in [0.717, 1.165) is 31.4 Å². The van der Waals surface area contributed by atoms with Crippen LogP contribution in [-0.2, 0) is 11.2 Å². The van der Waals surface area contributed by atoms with Gasteiger partial charge in [-0.2, -0.15) is 0 Å². The summed E-state index contributed by atoms with van der Waals surface area (Å²) < 4.78 is 10.2. The summed E-state index contributed by atoms with van der Waals surface area (Å²) in [5.41, 5.74) is 8.34. The Kier molecular flexibility index (Phi) is 7.14. The molecular weight excluding hydrogens is 316 g/mol. The van der Waals surface area contributed by atoms with Gasteiger partial charge in [0.05, 0.1) is 19.9 Å². The molecule has 2 aromatic rings. The first-order valence-corrected chi connectivity index (χ1v) is 8.48. The van der Waals surface area contributed by atoms with E-state index in [4.69, 9.17) is 15.2 Å². The van der Waals surface area contributed by atoms with Crippen LogP contribution in [0.25, 0.3) is 0 Å². The van der Waals surface area contributed by atoms with Crippen molar-refractivity contribution in [2.75, 3.05) is 25.3 Å². The third kappa shape index (κ3) is 6.03. The van der Waals surface area contributed by atoms with Crippen LogP contribution in [0.15, 0.2) is 42.5 Å². The Morgan fingerprint density at radius 2 is 1.76 bits per heavy atom. The highest BCUT2D eigenvalue weighted by atomic mass is 16.5. The van der Waals surface area contributed by atoms with Crippen LogP contribution in [0.4, 0.5) is 11.4 Å². The Balaban J connectivity index is 1.65. The van der Waals surface area contributed by atoms with Crippen molar-refractivity contribution in [2.45, 2.75) is 32.1 Å². The summed E-state index contributed by atoms with van der Waals surface area (Å²) in [5, 5.41) is 2.87. The molecule has 25 heavy (non-hydrogen) atoms. The van der Waals surface area contributed by atoms with E-state index in [0.29, 0.717) is 23.5 Å². The van der Waals surface area contributed by atoms with Gasteiger partial charge in [0, 0.05) is 12.1 Å². The molecule has 0 heterocycles. The molecule has 0 aliphatic rings. The lowest BCUT2D eigenvalue weighted by Gasteiger charge is -2.09. The lowest BCUT2D eigenvalue weighted by atomic mass is 10.1. The van der Waals surface area contributed by atoms with Gasteiger partial charge in [0.1, 0.15) is 11.5 Å². The van der Waals surface area contributed by atoms with Gasteiger partial charge in [-0.05, 0) is 55.2 Å². The third-order valence-corrected chi connectivity index (χ3v) is 4.04. The molecule has 0 bridgehead atoms. The summed E-state index contributed by atoms with van der Waals surface area (Å²) in [7, 11) is 3.23. The fraction of sp³-hybridized carbons (Fsp3) is 0.350. The van der Waals surface area contributed by atoms with Crippen LogP contribution in [0.2, 0.25) is 0 Å². The molecule has 0 spiro atoms. The highest BCUT2D eigenvalue weighted by Gasteiger charge is 2.05. The number of methoxy groups -OCH3 is 2. The quantitative estimate of drug-likeness (QED) is 0.533. The summed E-state index contributed by atoms with van der Waals surface area (Å²) >= 11 is 0. The van der Waals surface area contributed by atoms with Gasteiger partial charge in [0.25, 0.3) is 0 Å². The van der Waals surface area contributed by atoms with Crippen LogP contribution in [0.3, 0.4) is 0 Å². The second-order valence-electron chi connectivity index (χ2n) is 5.91. The number of rotatable bonds is 9. The Morgan fingerprint density at radius 1 is 1.00 bits per heavy atom. The van der Waals surface area contributed by atoms with Crippen molar-refractivity contribution in [3.8, 4) is 11.5 Å². The van der Waals surface area contributed by atoms with E-state index in [1.807, 2.05) is 12.1 Å². The average Bonchev–Trinajstić information content (AvgIpc) is 2.62. The highest BCUT2D eigenvalue weighted by Crippen LogP contribution is 2.24. The van der Waals surface area contributed by atoms with Crippen LogP contribution in [-0.4, -0.2) is 20.1 Å². The molecule has 0 aliphatic heterocycles. The molecular formula is C20H26N2O3. The number of benzene rings is 2. The number of nitrogens with two attached hydrogens (primary N) is 1. The molecule has 5 heteroatoms. The first kappa shape index (κ1) is 18.6. The molecule has 2 aromatic carbocycles. The van der Waals surface area contributed by atoms with E-state index < -0.39 is 0 Å². The second-order valence-corrected chi connectivity index (χ2v) is 5.91. The smallest absolute Gasteiger partial charge is 0.224 e. The van der Waals surface area contributed by atoms with Gasteiger partial charge < -0.3 is 20.5 Å². The van der Waals surface area contributed by atoms with Gasteiger partial charge in [0.15, 0.2) is 0 Å². The third-order valence-electron chi connectivity index (χ3n) is 4.04.